The van der Waals surface area contributed by atoms with Crippen LogP contribution in [0.3, 0.4) is 0 Å². The Kier molecular flexibility index (Phi) is 12.8. The standard InChI is InChI=1S/C68H66N2O4/c1-41(2)51-37-57(45-15-5-6-16-45)63(58(38-51)46-17-7-8-18-46)69-65(71)55-33-27-43(35-61(55)67(69)73)25-29-49-31-32-50(54-24-14-13-23-53(49)54)30-26-44-28-34-56-62(36-44)68(74)70(66(56)72)64-59(47-19-9-10-20-47)39-52(42(3)4)40-60(64)48-21-11-12-22-48/h13-14,23-24,27-28,31-42,45-48H,5-12,15-22H2,1-4H3. The van der Waals surface area contributed by atoms with E-state index in [4.69, 9.17) is 0 Å². The molecular formula is C68H66N2O4. The number of amides is 4. The second-order valence-electron chi connectivity index (χ2n) is 22.9. The molecule has 0 saturated heterocycles. The van der Waals surface area contributed by atoms with E-state index < -0.39 is 0 Å². The lowest BCUT2D eigenvalue weighted by Gasteiger charge is -2.29. The topological polar surface area (TPSA) is 74.8 Å². The lowest BCUT2D eigenvalue weighted by molar-refractivity contribution is 0.0909. The number of anilines is 2. The Morgan fingerprint density at radius 3 is 1.00 bits per heavy atom. The minimum atomic E-state index is -0.257. The van der Waals surface area contributed by atoms with Crippen molar-refractivity contribution < 1.29 is 19.2 Å². The molecule has 2 heterocycles. The highest BCUT2D eigenvalue weighted by Crippen LogP contribution is 2.51. The molecule has 0 radical (unpaired) electrons. The first kappa shape index (κ1) is 48.0. The van der Waals surface area contributed by atoms with E-state index in [0.29, 0.717) is 68.9 Å². The van der Waals surface area contributed by atoms with E-state index in [1.54, 1.807) is 24.3 Å². The first-order valence-corrected chi connectivity index (χ1v) is 28.0. The number of hydrogen-bond acceptors (Lipinski definition) is 4. The van der Waals surface area contributed by atoms with Gasteiger partial charge in [0.15, 0.2) is 0 Å². The minimum Gasteiger partial charge on any atom is -0.268 e. The number of carbonyl (C=O) groups is 4. The lowest BCUT2D eigenvalue weighted by Crippen LogP contribution is -2.32. The van der Waals surface area contributed by atoms with Gasteiger partial charge in [0.2, 0.25) is 0 Å². The summed E-state index contributed by atoms with van der Waals surface area (Å²) in [6.07, 6.45) is 18.0. The fourth-order valence-electron chi connectivity index (χ4n) is 13.6. The van der Waals surface area contributed by atoms with Gasteiger partial charge in [-0.3, -0.25) is 19.2 Å². The van der Waals surface area contributed by atoms with Crippen LogP contribution in [-0.4, -0.2) is 23.6 Å². The van der Waals surface area contributed by atoms with Crippen molar-refractivity contribution in [2.24, 2.45) is 0 Å². The van der Waals surface area contributed by atoms with Crippen molar-refractivity contribution >= 4 is 45.8 Å². The Labute approximate surface area is 437 Å². The Morgan fingerprint density at radius 2 is 0.689 bits per heavy atom. The van der Waals surface area contributed by atoms with Crippen molar-refractivity contribution in [2.45, 2.75) is 166 Å². The number of fused-ring (bicyclic) bond motifs is 3. The van der Waals surface area contributed by atoms with Gasteiger partial charge in [-0.15, -0.1) is 0 Å². The zero-order valence-electron chi connectivity index (χ0n) is 43.5. The van der Waals surface area contributed by atoms with Gasteiger partial charge in [-0.25, -0.2) is 9.80 Å². The summed E-state index contributed by atoms with van der Waals surface area (Å²) in [7, 11) is 0. The number of nitrogens with zero attached hydrogens (tertiary/aromatic N) is 2. The summed E-state index contributed by atoms with van der Waals surface area (Å²) in [6.45, 7) is 8.96. The van der Waals surface area contributed by atoms with Crippen LogP contribution in [0, 0.1) is 23.7 Å². The smallest absolute Gasteiger partial charge is 0.266 e. The molecule has 0 atom stereocenters. The van der Waals surface area contributed by atoms with Gasteiger partial charge in [0.25, 0.3) is 23.6 Å². The fourth-order valence-corrected chi connectivity index (χ4v) is 13.6. The molecule has 372 valence electrons. The van der Waals surface area contributed by atoms with Crippen LogP contribution in [0.1, 0.15) is 263 Å². The van der Waals surface area contributed by atoms with Crippen molar-refractivity contribution in [3.8, 4) is 23.7 Å². The Morgan fingerprint density at radius 1 is 0.378 bits per heavy atom. The zero-order valence-corrected chi connectivity index (χ0v) is 43.5. The third-order valence-electron chi connectivity index (χ3n) is 17.7. The van der Waals surface area contributed by atoms with E-state index in [-0.39, 0.29) is 23.6 Å². The molecule has 0 spiro atoms. The molecule has 6 heteroatoms. The first-order valence-electron chi connectivity index (χ1n) is 28.0. The predicted molar refractivity (Wildman–Crippen MR) is 297 cm³/mol. The maximum Gasteiger partial charge on any atom is 0.266 e. The summed E-state index contributed by atoms with van der Waals surface area (Å²) >= 11 is 0. The van der Waals surface area contributed by atoms with Gasteiger partial charge in [0, 0.05) is 22.3 Å². The molecule has 12 rings (SSSR count). The maximum absolute atomic E-state index is 14.7. The quantitative estimate of drug-likeness (QED) is 0.112. The fraction of sp³-hybridized carbons (Fsp3) is 0.382. The number of carbonyl (C=O) groups excluding carboxylic acids is 4. The summed E-state index contributed by atoms with van der Waals surface area (Å²) < 4.78 is 0. The van der Waals surface area contributed by atoms with Crippen molar-refractivity contribution in [1.29, 1.82) is 0 Å². The Balaban J connectivity index is 0.833. The van der Waals surface area contributed by atoms with E-state index >= 15 is 0 Å². The summed E-state index contributed by atoms with van der Waals surface area (Å²) in [5, 5.41) is 1.89. The van der Waals surface area contributed by atoms with Gasteiger partial charge in [-0.05, 0) is 180 Å². The largest absolute Gasteiger partial charge is 0.268 e. The average Bonchev–Trinajstić information content (AvgIpc) is 4.30. The van der Waals surface area contributed by atoms with Crippen molar-refractivity contribution in [1.82, 2.24) is 0 Å². The lowest BCUT2D eigenvalue weighted by atomic mass is 9.83. The van der Waals surface area contributed by atoms with Gasteiger partial charge < -0.3 is 0 Å². The van der Waals surface area contributed by atoms with Crippen LogP contribution in [0.5, 0.6) is 0 Å². The molecule has 2 aliphatic heterocycles. The highest BCUT2D eigenvalue weighted by atomic mass is 16.2. The first-order chi connectivity index (χ1) is 36.0. The van der Waals surface area contributed by atoms with Gasteiger partial charge in [0.05, 0.1) is 33.6 Å². The molecule has 4 saturated carbocycles. The average molecular weight is 975 g/mol. The molecule has 6 nitrogen and oxygen atoms in total. The molecule has 74 heavy (non-hydrogen) atoms. The van der Waals surface area contributed by atoms with E-state index in [1.807, 2.05) is 48.5 Å². The van der Waals surface area contributed by atoms with Crippen LogP contribution in [0.4, 0.5) is 11.4 Å². The highest BCUT2D eigenvalue weighted by molar-refractivity contribution is 6.36. The van der Waals surface area contributed by atoms with Crippen LogP contribution >= 0.6 is 0 Å². The zero-order chi connectivity index (χ0) is 50.8. The molecule has 4 amide bonds. The number of imide groups is 2. The second-order valence-corrected chi connectivity index (χ2v) is 22.9. The summed E-state index contributed by atoms with van der Waals surface area (Å²) in [4.78, 5) is 61.4. The molecule has 0 unspecified atom stereocenters. The van der Waals surface area contributed by atoms with Crippen molar-refractivity contribution in [3.63, 3.8) is 0 Å². The van der Waals surface area contributed by atoms with Crippen LogP contribution < -0.4 is 9.80 Å². The van der Waals surface area contributed by atoms with Gasteiger partial charge in [0.1, 0.15) is 0 Å². The molecular weight excluding hydrogens is 909 g/mol. The highest BCUT2D eigenvalue weighted by Gasteiger charge is 2.43. The van der Waals surface area contributed by atoms with Crippen LogP contribution in [0.15, 0.2) is 97.1 Å². The molecule has 4 aliphatic carbocycles. The molecule has 6 aliphatic rings. The van der Waals surface area contributed by atoms with Crippen molar-refractivity contribution in [2.75, 3.05) is 9.80 Å². The van der Waals surface area contributed by atoms with Gasteiger partial charge in [-0.1, -0.05) is 151 Å². The van der Waals surface area contributed by atoms with E-state index in [2.05, 4.69) is 75.6 Å². The monoisotopic (exact) mass is 975 g/mol. The molecule has 0 bridgehead atoms. The van der Waals surface area contributed by atoms with E-state index in [1.165, 1.54) is 94.5 Å². The third kappa shape index (κ3) is 8.49. The SMILES string of the molecule is CC(C)c1cc(C2CCCC2)c(N2C(=O)c3ccc(C#Cc4ccc(C#Cc5ccc6c(c5)C(=O)N(c5c(C7CCCC7)cc(C(C)C)cc5C5CCCC5)C6=O)c5ccccc45)cc3C2=O)c(C2CCCC2)c1. The Bertz CT molecular complexity index is 3130. The van der Waals surface area contributed by atoms with Crippen LogP contribution in [0.25, 0.3) is 10.8 Å². The summed E-state index contributed by atoms with van der Waals surface area (Å²) in [5.41, 5.74) is 13.7. The molecule has 6 aromatic carbocycles. The van der Waals surface area contributed by atoms with E-state index in [0.717, 1.165) is 84.6 Å². The normalized spacial score (nSPS) is 18.4. The van der Waals surface area contributed by atoms with Crippen LogP contribution in [-0.2, 0) is 0 Å². The van der Waals surface area contributed by atoms with E-state index in [9.17, 15) is 19.2 Å². The maximum atomic E-state index is 14.7. The number of benzene rings is 6. The number of hydrogen-bond donors (Lipinski definition) is 0. The summed E-state index contributed by atoms with van der Waals surface area (Å²) in [6, 6.07) is 32.2. The number of rotatable bonds is 8. The third-order valence-corrected chi connectivity index (χ3v) is 17.7. The Hall–Kier alpha value is -7.02. The van der Waals surface area contributed by atoms with Gasteiger partial charge in [-0.2, -0.15) is 0 Å². The summed E-state index contributed by atoms with van der Waals surface area (Å²) in [5.74, 6) is 14.6. The van der Waals surface area contributed by atoms with Crippen LogP contribution in [0.2, 0.25) is 0 Å². The molecule has 0 aromatic heterocycles. The van der Waals surface area contributed by atoms with Crippen molar-refractivity contribution in [3.05, 3.63) is 175 Å². The van der Waals surface area contributed by atoms with Gasteiger partial charge >= 0.3 is 0 Å². The second kappa shape index (κ2) is 19.7. The minimum absolute atomic E-state index is 0.237. The predicted octanol–water partition coefficient (Wildman–Crippen LogP) is 16.1. The molecule has 6 aromatic rings. The molecule has 0 N–H and O–H groups in total. The molecule has 4 fully saturated rings.